The molecule has 2 aromatic rings. The molecule has 0 bridgehead atoms. The Bertz CT molecular complexity index is 718. The Kier molecular flexibility index (Phi) is 3.53. The molecule has 3 rings (SSSR count). The van der Waals surface area contributed by atoms with E-state index in [1.165, 1.54) is 0 Å². The van der Waals surface area contributed by atoms with Gasteiger partial charge in [0.2, 0.25) is 5.13 Å². The van der Waals surface area contributed by atoms with Gasteiger partial charge < -0.3 is 15.7 Å². The SMILES string of the molecule is NC(=O)C1(O)CCN(c2nc(-c3cc(F)cc(F)c3)ns2)C1. The first kappa shape index (κ1) is 14.8. The molecule has 1 atom stereocenters. The molecule has 1 amide bonds. The summed E-state index contributed by atoms with van der Waals surface area (Å²) in [4.78, 5) is 17.1. The third-order valence-corrected chi connectivity index (χ3v) is 4.29. The first-order valence-corrected chi connectivity index (χ1v) is 7.22. The summed E-state index contributed by atoms with van der Waals surface area (Å²) < 4.78 is 30.5. The van der Waals surface area contributed by atoms with E-state index in [1.807, 2.05) is 0 Å². The zero-order valence-electron chi connectivity index (χ0n) is 11.3. The molecular formula is C13H12F2N4O2S. The van der Waals surface area contributed by atoms with E-state index in [9.17, 15) is 18.7 Å². The van der Waals surface area contributed by atoms with Gasteiger partial charge >= 0.3 is 0 Å². The molecule has 1 aromatic carbocycles. The molecule has 1 aliphatic rings. The fraction of sp³-hybridized carbons (Fsp3) is 0.308. The maximum absolute atomic E-state index is 13.2. The predicted octanol–water partition coefficient (Wildman–Crippen LogP) is 0.910. The van der Waals surface area contributed by atoms with Crippen LogP contribution in [0.25, 0.3) is 11.4 Å². The highest BCUT2D eigenvalue weighted by molar-refractivity contribution is 7.09. The highest BCUT2D eigenvalue weighted by Gasteiger charge is 2.42. The Morgan fingerprint density at radius 2 is 2.05 bits per heavy atom. The number of hydrogen-bond donors (Lipinski definition) is 2. The molecule has 1 saturated heterocycles. The predicted molar refractivity (Wildman–Crippen MR) is 76.2 cm³/mol. The normalized spacial score (nSPS) is 21.3. The van der Waals surface area contributed by atoms with Crippen LogP contribution in [0, 0.1) is 11.6 Å². The monoisotopic (exact) mass is 326 g/mol. The van der Waals surface area contributed by atoms with Crippen LogP contribution >= 0.6 is 11.5 Å². The van der Waals surface area contributed by atoms with Gasteiger partial charge in [0.15, 0.2) is 11.4 Å². The maximum Gasteiger partial charge on any atom is 0.251 e. The number of rotatable bonds is 3. The first-order valence-electron chi connectivity index (χ1n) is 6.45. The van der Waals surface area contributed by atoms with Crippen LogP contribution in [0.1, 0.15) is 6.42 Å². The number of halogens is 2. The zero-order valence-corrected chi connectivity index (χ0v) is 12.1. The minimum absolute atomic E-state index is 0.0223. The van der Waals surface area contributed by atoms with Gasteiger partial charge in [-0.2, -0.15) is 9.36 Å². The van der Waals surface area contributed by atoms with Crippen LogP contribution in [0.5, 0.6) is 0 Å². The van der Waals surface area contributed by atoms with Crippen molar-refractivity contribution in [3.8, 4) is 11.4 Å². The Balaban J connectivity index is 1.84. The maximum atomic E-state index is 13.2. The average molecular weight is 326 g/mol. The topological polar surface area (TPSA) is 92.3 Å². The summed E-state index contributed by atoms with van der Waals surface area (Å²) in [6.07, 6.45) is 0.200. The summed E-state index contributed by atoms with van der Waals surface area (Å²) in [5.41, 5.74) is 3.81. The molecule has 3 N–H and O–H groups in total. The Labute approximate surface area is 128 Å². The lowest BCUT2D eigenvalue weighted by atomic mass is 10.0. The van der Waals surface area contributed by atoms with E-state index in [-0.39, 0.29) is 24.4 Å². The van der Waals surface area contributed by atoms with Crippen molar-refractivity contribution < 1.29 is 18.7 Å². The first-order chi connectivity index (χ1) is 10.4. The van der Waals surface area contributed by atoms with Crippen molar-refractivity contribution in [3.63, 3.8) is 0 Å². The summed E-state index contributed by atoms with van der Waals surface area (Å²) >= 11 is 1.02. The molecule has 0 radical (unpaired) electrons. The number of hydrogen-bond acceptors (Lipinski definition) is 6. The van der Waals surface area contributed by atoms with E-state index in [2.05, 4.69) is 9.36 Å². The van der Waals surface area contributed by atoms with E-state index in [0.29, 0.717) is 11.7 Å². The van der Waals surface area contributed by atoms with Gasteiger partial charge in [-0.3, -0.25) is 4.79 Å². The lowest BCUT2D eigenvalue weighted by Gasteiger charge is -2.18. The van der Waals surface area contributed by atoms with E-state index < -0.39 is 23.1 Å². The Morgan fingerprint density at radius 1 is 1.36 bits per heavy atom. The van der Waals surface area contributed by atoms with Gasteiger partial charge in [0, 0.05) is 36.1 Å². The van der Waals surface area contributed by atoms with Crippen molar-refractivity contribution >= 4 is 22.6 Å². The van der Waals surface area contributed by atoms with Crippen LogP contribution in [-0.4, -0.2) is 39.1 Å². The van der Waals surface area contributed by atoms with E-state index >= 15 is 0 Å². The number of aromatic nitrogens is 2. The molecule has 6 nitrogen and oxygen atoms in total. The summed E-state index contributed by atoms with van der Waals surface area (Å²) in [7, 11) is 0. The second-order valence-corrected chi connectivity index (χ2v) is 5.86. The minimum Gasteiger partial charge on any atom is -0.378 e. The molecule has 2 heterocycles. The molecule has 1 fully saturated rings. The third kappa shape index (κ3) is 2.64. The second-order valence-electron chi connectivity index (χ2n) is 5.13. The van der Waals surface area contributed by atoms with Crippen molar-refractivity contribution in [2.45, 2.75) is 12.0 Å². The lowest BCUT2D eigenvalue weighted by Crippen LogP contribution is -2.46. The summed E-state index contributed by atoms with van der Waals surface area (Å²) in [6.45, 7) is 0.417. The van der Waals surface area contributed by atoms with Crippen molar-refractivity contribution in [2.75, 3.05) is 18.0 Å². The minimum atomic E-state index is -1.59. The number of primary amides is 1. The quantitative estimate of drug-likeness (QED) is 0.875. The van der Waals surface area contributed by atoms with E-state index in [1.54, 1.807) is 4.90 Å². The number of carbonyl (C=O) groups is 1. The molecule has 1 aromatic heterocycles. The van der Waals surface area contributed by atoms with Gasteiger partial charge in [0.25, 0.3) is 5.91 Å². The van der Waals surface area contributed by atoms with Crippen LogP contribution < -0.4 is 10.6 Å². The van der Waals surface area contributed by atoms with Crippen LogP contribution in [0.4, 0.5) is 13.9 Å². The van der Waals surface area contributed by atoms with Gasteiger partial charge in [-0.25, -0.2) is 8.78 Å². The van der Waals surface area contributed by atoms with Gasteiger partial charge in [-0.05, 0) is 12.1 Å². The molecule has 0 spiro atoms. The number of nitrogens with zero attached hydrogens (tertiary/aromatic N) is 3. The van der Waals surface area contributed by atoms with Crippen LogP contribution in [-0.2, 0) is 4.79 Å². The van der Waals surface area contributed by atoms with Gasteiger partial charge in [0.05, 0.1) is 6.54 Å². The lowest BCUT2D eigenvalue weighted by molar-refractivity contribution is -0.134. The number of anilines is 1. The highest BCUT2D eigenvalue weighted by Crippen LogP contribution is 2.30. The Hall–Kier alpha value is -2.13. The van der Waals surface area contributed by atoms with E-state index in [0.717, 1.165) is 29.7 Å². The van der Waals surface area contributed by atoms with Gasteiger partial charge in [-0.1, -0.05) is 0 Å². The largest absolute Gasteiger partial charge is 0.378 e. The van der Waals surface area contributed by atoms with Crippen LogP contribution in [0.15, 0.2) is 18.2 Å². The van der Waals surface area contributed by atoms with Crippen molar-refractivity contribution in [1.82, 2.24) is 9.36 Å². The third-order valence-electron chi connectivity index (χ3n) is 3.51. The number of nitrogens with two attached hydrogens (primary N) is 1. The summed E-state index contributed by atoms with van der Waals surface area (Å²) in [5, 5.41) is 10.5. The summed E-state index contributed by atoms with van der Waals surface area (Å²) in [5.74, 6) is -2.02. The van der Waals surface area contributed by atoms with Crippen molar-refractivity contribution in [2.24, 2.45) is 5.73 Å². The summed E-state index contributed by atoms with van der Waals surface area (Å²) in [6, 6.07) is 3.04. The molecule has 1 aliphatic heterocycles. The smallest absolute Gasteiger partial charge is 0.251 e. The van der Waals surface area contributed by atoms with Crippen LogP contribution in [0.2, 0.25) is 0 Å². The molecule has 0 saturated carbocycles. The molecule has 22 heavy (non-hydrogen) atoms. The van der Waals surface area contributed by atoms with Crippen molar-refractivity contribution in [1.29, 1.82) is 0 Å². The average Bonchev–Trinajstić information content (AvgIpc) is 3.04. The number of benzene rings is 1. The van der Waals surface area contributed by atoms with Gasteiger partial charge in [0.1, 0.15) is 11.6 Å². The molecule has 0 aliphatic carbocycles. The zero-order chi connectivity index (χ0) is 15.9. The standard InChI is InChI=1S/C13H12F2N4O2S/c14-8-3-7(4-9(15)5-8)10-17-12(22-18-10)19-2-1-13(21,6-19)11(16)20/h3-5,21H,1-2,6H2,(H2,16,20). The fourth-order valence-corrected chi connectivity index (χ4v) is 3.02. The van der Waals surface area contributed by atoms with Gasteiger partial charge in [-0.15, -0.1) is 0 Å². The van der Waals surface area contributed by atoms with Crippen molar-refractivity contribution in [3.05, 3.63) is 29.8 Å². The number of amides is 1. The van der Waals surface area contributed by atoms with Crippen LogP contribution in [0.3, 0.4) is 0 Å². The Morgan fingerprint density at radius 3 is 2.64 bits per heavy atom. The highest BCUT2D eigenvalue weighted by atomic mass is 32.1. The fourth-order valence-electron chi connectivity index (χ4n) is 2.30. The number of carbonyl (C=O) groups excluding carboxylic acids is 1. The number of aliphatic hydroxyl groups is 1. The number of β-amino-alcohol motifs (C(OH)–C–C–N with tert-alkyl or cyclic N) is 1. The molecular weight excluding hydrogens is 314 g/mol. The molecule has 9 heteroatoms. The van der Waals surface area contributed by atoms with E-state index in [4.69, 9.17) is 5.73 Å². The molecule has 116 valence electrons. The molecule has 1 unspecified atom stereocenters. The second kappa shape index (κ2) is 5.25.